The second kappa shape index (κ2) is 4.71. The van der Waals surface area contributed by atoms with Crippen molar-refractivity contribution in [3.63, 3.8) is 0 Å². The van der Waals surface area contributed by atoms with Gasteiger partial charge in [-0.2, -0.15) is 0 Å². The Kier molecular flexibility index (Phi) is 3.06. The first-order valence-corrected chi connectivity index (χ1v) is 6.41. The van der Waals surface area contributed by atoms with Crippen molar-refractivity contribution in [1.29, 1.82) is 0 Å². The molecule has 4 heteroatoms. The lowest BCUT2D eigenvalue weighted by Crippen LogP contribution is -2.30. The highest BCUT2D eigenvalue weighted by atomic mass is 19.1. The molecule has 0 amide bonds. The Morgan fingerprint density at radius 2 is 2.06 bits per heavy atom. The molecule has 0 bridgehead atoms. The molecule has 3 rings (SSSR count). The molecule has 0 spiro atoms. The first kappa shape index (κ1) is 11.7. The van der Waals surface area contributed by atoms with Crippen molar-refractivity contribution in [2.45, 2.75) is 18.9 Å². The summed E-state index contributed by atoms with van der Waals surface area (Å²) in [5.74, 6) is -0.00521. The average molecular weight is 248 g/mol. The van der Waals surface area contributed by atoms with Gasteiger partial charge in [0, 0.05) is 22.7 Å². The molecule has 1 aliphatic rings. The van der Waals surface area contributed by atoms with Crippen molar-refractivity contribution < 1.29 is 9.50 Å². The molecular formula is C14H17FN2O. The lowest BCUT2D eigenvalue weighted by molar-refractivity contribution is 0.0902. The minimum absolute atomic E-state index is 0.258. The molecule has 1 fully saturated rings. The number of hydrogen-bond donors (Lipinski definition) is 3. The highest BCUT2D eigenvalue weighted by molar-refractivity contribution is 5.83. The summed E-state index contributed by atoms with van der Waals surface area (Å²) >= 11 is 0. The number of fused-ring (bicyclic) bond motifs is 1. The quantitative estimate of drug-likeness (QED) is 0.764. The summed E-state index contributed by atoms with van der Waals surface area (Å²) in [6, 6.07) is 4.63. The highest BCUT2D eigenvalue weighted by Crippen LogP contribution is 2.33. The van der Waals surface area contributed by atoms with Crippen LogP contribution >= 0.6 is 0 Å². The molecule has 3 N–H and O–H groups in total. The van der Waals surface area contributed by atoms with Crippen LogP contribution in [0.2, 0.25) is 0 Å². The molecule has 1 aromatic carbocycles. The van der Waals surface area contributed by atoms with E-state index in [1.54, 1.807) is 12.3 Å². The van der Waals surface area contributed by atoms with Crippen LogP contribution in [-0.2, 0) is 0 Å². The number of rotatable bonds is 2. The molecule has 0 saturated carbocycles. The zero-order valence-electron chi connectivity index (χ0n) is 10.1. The lowest BCUT2D eigenvalue weighted by atomic mass is 9.88. The molecule has 96 valence electrons. The fraction of sp³-hybridized carbons (Fsp3) is 0.429. The minimum atomic E-state index is -0.511. The Balaban J connectivity index is 1.95. The zero-order valence-corrected chi connectivity index (χ0v) is 10.1. The molecule has 1 unspecified atom stereocenters. The molecule has 1 saturated heterocycles. The Morgan fingerprint density at radius 1 is 1.28 bits per heavy atom. The summed E-state index contributed by atoms with van der Waals surface area (Å²) < 4.78 is 13.3. The fourth-order valence-corrected chi connectivity index (χ4v) is 2.77. The normalized spacial score (nSPS) is 19.2. The third-order valence-electron chi connectivity index (χ3n) is 3.82. The first-order chi connectivity index (χ1) is 8.75. The van der Waals surface area contributed by atoms with Gasteiger partial charge in [-0.05, 0) is 50.0 Å². The molecule has 1 atom stereocenters. The Hall–Kier alpha value is -1.39. The van der Waals surface area contributed by atoms with Gasteiger partial charge < -0.3 is 15.4 Å². The molecule has 1 aromatic heterocycles. The second-order valence-corrected chi connectivity index (χ2v) is 4.97. The van der Waals surface area contributed by atoms with Gasteiger partial charge in [-0.15, -0.1) is 0 Å². The molecule has 2 aromatic rings. The molecule has 2 heterocycles. The van der Waals surface area contributed by atoms with Gasteiger partial charge in [-0.1, -0.05) is 0 Å². The van der Waals surface area contributed by atoms with E-state index >= 15 is 0 Å². The predicted molar refractivity (Wildman–Crippen MR) is 68.8 cm³/mol. The topological polar surface area (TPSA) is 48.0 Å². The van der Waals surface area contributed by atoms with Crippen LogP contribution in [0.25, 0.3) is 10.9 Å². The van der Waals surface area contributed by atoms with Gasteiger partial charge in [-0.25, -0.2) is 4.39 Å². The van der Waals surface area contributed by atoms with Crippen molar-refractivity contribution in [3.8, 4) is 0 Å². The number of benzene rings is 1. The molecule has 18 heavy (non-hydrogen) atoms. The Morgan fingerprint density at radius 3 is 2.83 bits per heavy atom. The maximum absolute atomic E-state index is 13.3. The zero-order chi connectivity index (χ0) is 12.5. The number of piperidine rings is 1. The van der Waals surface area contributed by atoms with Crippen LogP contribution in [0.3, 0.4) is 0 Å². The van der Waals surface area contributed by atoms with Gasteiger partial charge in [0.15, 0.2) is 0 Å². The number of aromatic amines is 1. The SMILES string of the molecule is OC(c1c[nH]c2ccc(F)cc12)C1CCNCC1. The van der Waals surface area contributed by atoms with Crippen molar-refractivity contribution in [1.82, 2.24) is 10.3 Å². The van der Waals surface area contributed by atoms with Crippen LogP contribution in [-0.4, -0.2) is 23.2 Å². The summed E-state index contributed by atoms with van der Waals surface area (Å²) in [4.78, 5) is 3.09. The maximum Gasteiger partial charge on any atom is 0.123 e. The van der Waals surface area contributed by atoms with Crippen LogP contribution in [0.1, 0.15) is 24.5 Å². The third-order valence-corrected chi connectivity index (χ3v) is 3.82. The number of hydrogen-bond acceptors (Lipinski definition) is 2. The van der Waals surface area contributed by atoms with Crippen LogP contribution in [0, 0.1) is 11.7 Å². The van der Waals surface area contributed by atoms with E-state index in [-0.39, 0.29) is 11.7 Å². The first-order valence-electron chi connectivity index (χ1n) is 6.41. The minimum Gasteiger partial charge on any atom is -0.388 e. The number of nitrogens with one attached hydrogen (secondary N) is 2. The van der Waals surface area contributed by atoms with E-state index in [1.807, 2.05) is 0 Å². The van der Waals surface area contributed by atoms with Crippen LogP contribution < -0.4 is 5.32 Å². The van der Waals surface area contributed by atoms with E-state index in [1.165, 1.54) is 12.1 Å². The summed E-state index contributed by atoms with van der Waals surface area (Å²) in [5.41, 5.74) is 1.69. The van der Waals surface area contributed by atoms with Gasteiger partial charge in [0.1, 0.15) is 5.82 Å². The molecule has 3 nitrogen and oxygen atoms in total. The summed E-state index contributed by atoms with van der Waals surface area (Å²) in [7, 11) is 0. The average Bonchev–Trinajstić information content (AvgIpc) is 2.82. The summed E-state index contributed by atoms with van der Waals surface area (Å²) in [5, 5.41) is 14.5. The summed E-state index contributed by atoms with van der Waals surface area (Å²) in [6.45, 7) is 1.89. The second-order valence-electron chi connectivity index (χ2n) is 4.97. The monoisotopic (exact) mass is 248 g/mol. The molecule has 1 aliphatic heterocycles. The van der Waals surface area contributed by atoms with Crippen LogP contribution in [0.4, 0.5) is 4.39 Å². The lowest BCUT2D eigenvalue weighted by Gasteiger charge is -2.27. The largest absolute Gasteiger partial charge is 0.388 e. The molecule has 0 aliphatic carbocycles. The van der Waals surface area contributed by atoms with Gasteiger partial charge in [0.2, 0.25) is 0 Å². The van der Waals surface area contributed by atoms with Crippen LogP contribution in [0.5, 0.6) is 0 Å². The van der Waals surface area contributed by atoms with E-state index in [4.69, 9.17) is 0 Å². The van der Waals surface area contributed by atoms with Gasteiger partial charge in [-0.3, -0.25) is 0 Å². The van der Waals surface area contributed by atoms with Crippen molar-refractivity contribution in [2.24, 2.45) is 5.92 Å². The van der Waals surface area contributed by atoms with Crippen molar-refractivity contribution in [3.05, 3.63) is 35.8 Å². The number of aliphatic hydroxyl groups is 1. The summed E-state index contributed by atoms with van der Waals surface area (Å²) in [6.07, 6.45) is 3.21. The molecular weight excluding hydrogens is 231 g/mol. The van der Waals surface area contributed by atoms with Crippen molar-refractivity contribution >= 4 is 10.9 Å². The Bertz CT molecular complexity index is 546. The smallest absolute Gasteiger partial charge is 0.123 e. The van der Waals surface area contributed by atoms with E-state index in [2.05, 4.69) is 10.3 Å². The maximum atomic E-state index is 13.3. The van der Waals surface area contributed by atoms with Gasteiger partial charge >= 0.3 is 0 Å². The van der Waals surface area contributed by atoms with E-state index in [9.17, 15) is 9.50 Å². The predicted octanol–water partition coefficient (Wildman–Crippen LogP) is 2.34. The Labute approximate surface area is 105 Å². The van der Waals surface area contributed by atoms with E-state index in [0.717, 1.165) is 42.4 Å². The van der Waals surface area contributed by atoms with Crippen molar-refractivity contribution in [2.75, 3.05) is 13.1 Å². The number of aromatic nitrogens is 1. The number of halogens is 1. The molecule has 0 radical (unpaired) electrons. The van der Waals surface area contributed by atoms with E-state index < -0.39 is 6.10 Å². The fourth-order valence-electron chi connectivity index (χ4n) is 2.77. The van der Waals surface area contributed by atoms with Crippen LogP contribution in [0.15, 0.2) is 24.4 Å². The number of aliphatic hydroxyl groups excluding tert-OH is 1. The third kappa shape index (κ3) is 2.02. The highest BCUT2D eigenvalue weighted by Gasteiger charge is 2.25. The number of H-pyrrole nitrogens is 1. The van der Waals surface area contributed by atoms with Gasteiger partial charge in [0.25, 0.3) is 0 Å². The standard InChI is InChI=1S/C14H17FN2O/c15-10-1-2-13-11(7-10)12(8-17-13)14(18)9-3-5-16-6-4-9/h1-2,7-9,14,16-18H,3-6H2. The van der Waals surface area contributed by atoms with E-state index in [0.29, 0.717) is 0 Å². The van der Waals surface area contributed by atoms with Gasteiger partial charge in [0.05, 0.1) is 6.10 Å².